The van der Waals surface area contributed by atoms with Crippen molar-refractivity contribution in [3.8, 4) is 0 Å². The predicted octanol–water partition coefficient (Wildman–Crippen LogP) is 4.83. The second-order valence-electron chi connectivity index (χ2n) is 4.52. The van der Waals surface area contributed by atoms with Gasteiger partial charge in [0.25, 0.3) is 0 Å². The largest absolute Gasteiger partial charge is 0.388 e. The molecule has 2 aromatic carbocycles. The lowest BCUT2D eigenvalue weighted by Gasteiger charge is -2.13. The maximum atomic E-state index is 13.0. The van der Waals surface area contributed by atoms with Gasteiger partial charge in [0.2, 0.25) is 0 Å². The number of aryl methyl sites for hydroxylation is 1. The van der Waals surface area contributed by atoms with Crippen LogP contribution in [0.4, 0.5) is 4.39 Å². The minimum Gasteiger partial charge on any atom is -0.388 e. The number of hydrogen-bond donors (Lipinski definition) is 1. The van der Waals surface area contributed by atoms with Gasteiger partial charge in [0.1, 0.15) is 5.82 Å². The fourth-order valence-electron chi connectivity index (χ4n) is 1.97. The van der Waals surface area contributed by atoms with Crippen LogP contribution in [0.1, 0.15) is 22.8 Å². The molecule has 0 aliphatic heterocycles. The molecule has 1 atom stereocenters. The summed E-state index contributed by atoms with van der Waals surface area (Å²) in [6.45, 7) is 1.96. The number of hydrogen-bond acceptors (Lipinski definition) is 1. The molecule has 0 spiro atoms. The van der Waals surface area contributed by atoms with Crippen molar-refractivity contribution in [3.05, 3.63) is 68.4 Å². The van der Waals surface area contributed by atoms with Gasteiger partial charge < -0.3 is 5.11 Å². The lowest BCUT2D eigenvalue weighted by Crippen LogP contribution is -2.03. The number of aliphatic hydroxyl groups is 1. The van der Waals surface area contributed by atoms with E-state index in [0.29, 0.717) is 11.4 Å². The van der Waals surface area contributed by atoms with Crippen LogP contribution < -0.4 is 0 Å². The molecule has 0 aliphatic carbocycles. The monoisotopic (exact) mass is 342 g/mol. The van der Waals surface area contributed by atoms with E-state index in [1.165, 1.54) is 12.1 Å². The van der Waals surface area contributed by atoms with Gasteiger partial charge in [-0.1, -0.05) is 39.7 Å². The Bertz CT molecular complexity index is 580. The first kappa shape index (κ1) is 14.5. The Hall–Kier alpha value is -0.900. The van der Waals surface area contributed by atoms with Crippen molar-refractivity contribution in [1.29, 1.82) is 0 Å². The fourth-order valence-corrected chi connectivity index (χ4v) is 2.84. The number of aliphatic hydroxyl groups excluding tert-OH is 1. The van der Waals surface area contributed by atoms with E-state index in [1.54, 1.807) is 6.07 Å². The van der Waals surface area contributed by atoms with Gasteiger partial charge in [-0.05, 0) is 47.9 Å². The van der Waals surface area contributed by atoms with E-state index in [-0.39, 0.29) is 5.82 Å². The van der Waals surface area contributed by atoms with Crippen LogP contribution >= 0.6 is 27.5 Å². The molecular formula is C15H13BrClFO. The van der Waals surface area contributed by atoms with E-state index in [2.05, 4.69) is 15.9 Å². The quantitative estimate of drug-likeness (QED) is 0.846. The number of benzene rings is 2. The molecule has 0 aromatic heterocycles. The van der Waals surface area contributed by atoms with Crippen molar-refractivity contribution in [1.82, 2.24) is 0 Å². The van der Waals surface area contributed by atoms with E-state index in [9.17, 15) is 9.50 Å². The number of halogens is 3. The van der Waals surface area contributed by atoms with Gasteiger partial charge in [-0.3, -0.25) is 0 Å². The summed E-state index contributed by atoms with van der Waals surface area (Å²) in [6.07, 6.45) is -0.311. The van der Waals surface area contributed by atoms with Crippen molar-refractivity contribution in [2.45, 2.75) is 19.4 Å². The molecule has 19 heavy (non-hydrogen) atoms. The van der Waals surface area contributed by atoms with Crippen molar-refractivity contribution in [3.63, 3.8) is 0 Å². The van der Waals surface area contributed by atoms with Crippen LogP contribution in [-0.4, -0.2) is 5.11 Å². The maximum absolute atomic E-state index is 13.0. The second kappa shape index (κ2) is 6.04. The Labute approximate surface area is 125 Å². The molecule has 1 N–H and O–H groups in total. The van der Waals surface area contributed by atoms with E-state index in [4.69, 9.17) is 11.6 Å². The van der Waals surface area contributed by atoms with Crippen LogP contribution in [0, 0.1) is 12.7 Å². The van der Waals surface area contributed by atoms with Crippen LogP contribution in [0.2, 0.25) is 5.02 Å². The Morgan fingerprint density at radius 1 is 1.26 bits per heavy atom. The molecule has 0 bridgehead atoms. The first-order valence-corrected chi connectivity index (χ1v) is 7.02. The van der Waals surface area contributed by atoms with Crippen LogP contribution in [0.3, 0.4) is 0 Å². The third-order valence-electron chi connectivity index (χ3n) is 2.88. The minimum absolute atomic E-state index is 0.339. The zero-order valence-corrected chi connectivity index (χ0v) is 12.7. The zero-order chi connectivity index (χ0) is 14.0. The average Bonchev–Trinajstić information content (AvgIpc) is 2.31. The third kappa shape index (κ3) is 3.78. The van der Waals surface area contributed by atoms with Crippen LogP contribution in [-0.2, 0) is 6.42 Å². The molecule has 0 heterocycles. The Morgan fingerprint density at radius 2 is 2.00 bits per heavy atom. The van der Waals surface area contributed by atoms with E-state index >= 15 is 0 Å². The smallest absolute Gasteiger partial charge is 0.124 e. The SMILES string of the molecule is Cc1cc(Br)cc(C(O)Cc2ccc(F)cc2Cl)c1. The van der Waals surface area contributed by atoms with Crippen LogP contribution in [0.5, 0.6) is 0 Å². The minimum atomic E-state index is -0.667. The standard InChI is InChI=1S/C15H13BrClFO/c1-9-4-11(6-12(16)5-9)15(19)7-10-2-3-13(18)8-14(10)17/h2-6,8,15,19H,7H2,1H3. The Kier molecular flexibility index (Phi) is 4.61. The van der Waals surface area contributed by atoms with Crippen molar-refractivity contribution >= 4 is 27.5 Å². The van der Waals surface area contributed by atoms with E-state index in [1.807, 2.05) is 25.1 Å². The van der Waals surface area contributed by atoms with Crippen LogP contribution in [0.25, 0.3) is 0 Å². The summed E-state index contributed by atoms with van der Waals surface area (Å²) in [6, 6.07) is 9.98. The lowest BCUT2D eigenvalue weighted by molar-refractivity contribution is 0.178. The predicted molar refractivity (Wildman–Crippen MR) is 79.0 cm³/mol. The molecule has 0 aliphatic rings. The summed E-state index contributed by atoms with van der Waals surface area (Å²) >= 11 is 9.37. The summed E-state index contributed by atoms with van der Waals surface area (Å²) in [5.74, 6) is -0.374. The summed E-state index contributed by atoms with van der Waals surface area (Å²) in [4.78, 5) is 0. The van der Waals surface area contributed by atoms with Gasteiger partial charge in [-0.25, -0.2) is 4.39 Å². The zero-order valence-electron chi connectivity index (χ0n) is 10.3. The highest BCUT2D eigenvalue weighted by atomic mass is 79.9. The highest BCUT2D eigenvalue weighted by Gasteiger charge is 2.12. The topological polar surface area (TPSA) is 20.2 Å². The van der Waals surface area contributed by atoms with Gasteiger partial charge in [0.15, 0.2) is 0 Å². The van der Waals surface area contributed by atoms with Crippen molar-refractivity contribution < 1.29 is 9.50 Å². The van der Waals surface area contributed by atoms with Gasteiger partial charge in [-0.2, -0.15) is 0 Å². The molecule has 4 heteroatoms. The highest BCUT2D eigenvalue weighted by Crippen LogP contribution is 2.26. The molecule has 2 aromatic rings. The normalized spacial score (nSPS) is 12.5. The molecule has 1 nitrogen and oxygen atoms in total. The molecule has 1 unspecified atom stereocenters. The highest BCUT2D eigenvalue weighted by molar-refractivity contribution is 9.10. The summed E-state index contributed by atoms with van der Waals surface area (Å²) in [5.41, 5.74) is 2.61. The third-order valence-corrected chi connectivity index (χ3v) is 3.69. The molecule has 0 saturated heterocycles. The maximum Gasteiger partial charge on any atom is 0.124 e. The molecule has 0 amide bonds. The van der Waals surface area contributed by atoms with Gasteiger partial charge in [0, 0.05) is 15.9 Å². The van der Waals surface area contributed by atoms with Crippen molar-refractivity contribution in [2.24, 2.45) is 0 Å². The summed E-state index contributed by atoms with van der Waals surface area (Å²) < 4.78 is 13.9. The molecule has 0 saturated carbocycles. The van der Waals surface area contributed by atoms with E-state index < -0.39 is 6.10 Å². The van der Waals surface area contributed by atoms with E-state index in [0.717, 1.165) is 21.2 Å². The molecule has 2 rings (SSSR count). The molecule has 0 radical (unpaired) electrons. The summed E-state index contributed by atoms with van der Waals surface area (Å²) in [5, 5.41) is 10.6. The van der Waals surface area contributed by atoms with Gasteiger partial charge in [0.05, 0.1) is 6.10 Å². The number of rotatable bonds is 3. The first-order chi connectivity index (χ1) is 8.95. The van der Waals surface area contributed by atoms with Gasteiger partial charge >= 0.3 is 0 Å². The average molecular weight is 344 g/mol. The Morgan fingerprint density at radius 3 is 2.63 bits per heavy atom. The fraction of sp³-hybridized carbons (Fsp3) is 0.200. The molecule has 100 valence electrons. The Balaban J connectivity index is 2.22. The lowest BCUT2D eigenvalue weighted by atomic mass is 10.00. The van der Waals surface area contributed by atoms with Gasteiger partial charge in [-0.15, -0.1) is 0 Å². The first-order valence-electron chi connectivity index (χ1n) is 5.85. The van der Waals surface area contributed by atoms with Crippen LogP contribution in [0.15, 0.2) is 40.9 Å². The molecular weight excluding hydrogens is 331 g/mol. The van der Waals surface area contributed by atoms with Crippen molar-refractivity contribution in [2.75, 3.05) is 0 Å². The second-order valence-corrected chi connectivity index (χ2v) is 5.84. The summed E-state index contributed by atoms with van der Waals surface area (Å²) in [7, 11) is 0. The molecule has 0 fully saturated rings.